The Labute approximate surface area is 137 Å². The van der Waals surface area contributed by atoms with Crippen molar-refractivity contribution >= 4 is 40.4 Å². The molecule has 8 heteroatoms. The van der Waals surface area contributed by atoms with Gasteiger partial charge in [0.25, 0.3) is 5.69 Å². The zero-order valence-electron chi connectivity index (χ0n) is 12.0. The SMILES string of the molecule is CN(C)c1ncccc1CNc1c(Cl)cc([N+](=O)[O-])cc1Cl. The lowest BCUT2D eigenvalue weighted by molar-refractivity contribution is -0.384. The molecule has 2 rings (SSSR count). The van der Waals surface area contributed by atoms with Gasteiger partial charge in [-0.1, -0.05) is 29.3 Å². The fourth-order valence-corrected chi connectivity index (χ4v) is 2.60. The van der Waals surface area contributed by atoms with Crippen LogP contribution in [0.4, 0.5) is 17.2 Å². The third-order valence-electron chi connectivity index (χ3n) is 2.98. The predicted molar refractivity (Wildman–Crippen MR) is 89.0 cm³/mol. The van der Waals surface area contributed by atoms with Gasteiger partial charge in [0, 0.05) is 44.5 Å². The Hall–Kier alpha value is -2.05. The highest BCUT2D eigenvalue weighted by Crippen LogP contribution is 2.35. The molecule has 0 saturated heterocycles. The van der Waals surface area contributed by atoms with Crippen molar-refractivity contribution in [3.05, 3.63) is 56.2 Å². The fourth-order valence-electron chi connectivity index (χ4n) is 1.99. The van der Waals surface area contributed by atoms with Gasteiger partial charge < -0.3 is 10.2 Å². The van der Waals surface area contributed by atoms with Gasteiger partial charge in [-0.3, -0.25) is 10.1 Å². The first-order valence-corrected chi connectivity index (χ1v) is 7.14. The summed E-state index contributed by atoms with van der Waals surface area (Å²) in [6.45, 7) is 0.443. The molecule has 0 fully saturated rings. The van der Waals surface area contributed by atoms with E-state index in [1.165, 1.54) is 12.1 Å². The van der Waals surface area contributed by atoms with E-state index in [0.29, 0.717) is 12.2 Å². The number of nitrogens with zero attached hydrogens (tertiary/aromatic N) is 3. The van der Waals surface area contributed by atoms with Crippen LogP contribution in [0.15, 0.2) is 30.5 Å². The van der Waals surface area contributed by atoms with Crippen molar-refractivity contribution in [2.45, 2.75) is 6.54 Å². The summed E-state index contributed by atoms with van der Waals surface area (Å²) in [6, 6.07) is 6.31. The summed E-state index contributed by atoms with van der Waals surface area (Å²) in [5, 5.41) is 14.3. The van der Waals surface area contributed by atoms with Crippen LogP contribution < -0.4 is 10.2 Å². The normalized spacial score (nSPS) is 10.4. The first kappa shape index (κ1) is 16.3. The Kier molecular flexibility index (Phi) is 5.05. The standard InChI is InChI=1S/C14H14Cl2N4O2/c1-19(2)14-9(4-3-5-17-14)8-18-13-11(15)6-10(20(21)22)7-12(13)16/h3-7,18H,8H2,1-2H3. The molecular weight excluding hydrogens is 327 g/mol. The maximum Gasteiger partial charge on any atom is 0.272 e. The van der Waals surface area contributed by atoms with Crippen LogP contribution in [0, 0.1) is 10.1 Å². The minimum absolute atomic E-state index is 0.143. The number of aromatic nitrogens is 1. The molecule has 1 aromatic heterocycles. The second kappa shape index (κ2) is 6.81. The van der Waals surface area contributed by atoms with Crippen LogP contribution in [0.25, 0.3) is 0 Å². The molecule has 22 heavy (non-hydrogen) atoms. The molecule has 0 aliphatic rings. The number of non-ortho nitro benzene ring substituents is 1. The molecule has 0 amide bonds. The number of benzene rings is 1. The van der Waals surface area contributed by atoms with Gasteiger partial charge in [-0.2, -0.15) is 0 Å². The maximum atomic E-state index is 10.8. The first-order chi connectivity index (χ1) is 10.4. The van der Waals surface area contributed by atoms with Gasteiger partial charge in [0.15, 0.2) is 0 Å². The summed E-state index contributed by atoms with van der Waals surface area (Å²) in [7, 11) is 3.80. The number of hydrogen-bond acceptors (Lipinski definition) is 5. The topological polar surface area (TPSA) is 71.3 Å². The van der Waals surface area contributed by atoms with E-state index in [4.69, 9.17) is 23.2 Å². The largest absolute Gasteiger partial charge is 0.378 e. The summed E-state index contributed by atoms with van der Waals surface area (Å²) in [5.41, 5.74) is 1.27. The van der Waals surface area contributed by atoms with Gasteiger partial charge in [-0.05, 0) is 6.07 Å². The van der Waals surface area contributed by atoms with Crippen LogP contribution >= 0.6 is 23.2 Å². The third-order valence-corrected chi connectivity index (χ3v) is 3.58. The molecule has 0 aliphatic carbocycles. The maximum absolute atomic E-state index is 10.8. The average Bonchev–Trinajstić information content (AvgIpc) is 2.46. The highest BCUT2D eigenvalue weighted by atomic mass is 35.5. The molecule has 1 N–H and O–H groups in total. The van der Waals surface area contributed by atoms with Crippen LogP contribution in [-0.2, 0) is 6.54 Å². The summed E-state index contributed by atoms with van der Waals surface area (Å²) < 4.78 is 0. The molecular formula is C14H14Cl2N4O2. The van der Waals surface area contributed by atoms with Gasteiger partial charge in [0.2, 0.25) is 0 Å². The van der Waals surface area contributed by atoms with E-state index in [1.54, 1.807) is 6.20 Å². The van der Waals surface area contributed by atoms with E-state index in [2.05, 4.69) is 10.3 Å². The summed E-state index contributed by atoms with van der Waals surface area (Å²) in [4.78, 5) is 16.4. The second-order valence-corrected chi connectivity index (χ2v) is 5.59. The molecule has 2 aromatic rings. The number of nitro groups is 1. The van der Waals surface area contributed by atoms with Gasteiger partial charge in [-0.15, -0.1) is 0 Å². The van der Waals surface area contributed by atoms with E-state index in [1.807, 2.05) is 31.1 Å². The smallest absolute Gasteiger partial charge is 0.272 e. The van der Waals surface area contributed by atoms with Crippen LogP contribution in [0.5, 0.6) is 0 Å². The predicted octanol–water partition coefficient (Wildman–Crippen LogP) is 3.97. The summed E-state index contributed by atoms with van der Waals surface area (Å²) in [5.74, 6) is 0.823. The molecule has 116 valence electrons. The molecule has 1 aromatic carbocycles. The Balaban J connectivity index is 2.24. The van der Waals surface area contributed by atoms with Crippen LogP contribution in [0.2, 0.25) is 10.0 Å². The molecule has 6 nitrogen and oxygen atoms in total. The summed E-state index contributed by atoms with van der Waals surface area (Å²) >= 11 is 12.1. The minimum atomic E-state index is -0.535. The second-order valence-electron chi connectivity index (χ2n) is 4.78. The van der Waals surface area contributed by atoms with Gasteiger partial charge in [0.1, 0.15) is 5.82 Å². The number of anilines is 2. The average molecular weight is 341 g/mol. The molecule has 0 bridgehead atoms. The number of hydrogen-bond donors (Lipinski definition) is 1. The Morgan fingerprint density at radius 1 is 1.32 bits per heavy atom. The quantitative estimate of drug-likeness (QED) is 0.658. The van der Waals surface area contributed by atoms with Crippen molar-refractivity contribution in [3.63, 3.8) is 0 Å². The monoisotopic (exact) mass is 340 g/mol. The fraction of sp³-hybridized carbons (Fsp3) is 0.214. The van der Waals surface area contributed by atoms with Gasteiger partial charge >= 0.3 is 0 Å². The van der Waals surface area contributed by atoms with Crippen LogP contribution in [0.1, 0.15) is 5.56 Å². The summed E-state index contributed by atoms with van der Waals surface area (Å²) in [6.07, 6.45) is 1.71. The van der Waals surface area contributed by atoms with Crippen molar-refractivity contribution in [2.24, 2.45) is 0 Å². The lowest BCUT2D eigenvalue weighted by Gasteiger charge is -2.17. The van der Waals surface area contributed by atoms with E-state index >= 15 is 0 Å². The van der Waals surface area contributed by atoms with E-state index in [0.717, 1.165) is 11.4 Å². The Morgan fingerprint density at radius 3 is 2.50 bits per heavy atom. The highest BCUT2D eigenvalue weighted by Gasteiger charge is 2.15. The van der Waals surface area contributed by atoms with Gasteiger partial charge in [0.05, 0.1) is 20.7 Å². The number of nitrogens with one attached hydrogen (secondary N) is 1. The number of rotatable bonds is 5. The molecule has 1 heterocycles. The molecule has 0 atom stereocenters. The van der Waals surface area contributed by atoms with Crippen LogP contribution in [-0.4, -0.2) is 24.0 Å². The number of nitro benzene ring substituents is 1. The molecule has 0 spiro atoms. The van der Waals surface area contributed by atoms with Crippen molar-refractivity contribution < 1.29 is 4.92 Å². The van der Waals surface area contributed by atoms with E-state index in [-0.39, 0.29) is 15.7 Å². The Bertz CT molecular complexity index is 684. The third kappa shape index (κ3) is 3.58. The highest BCUT2D eigenvalue weighted by molar-refractivity contribution is 6.39. The van der Waals surface area contributed by atoms with E-state index in [9.17, 15) is 10.1 Å². The molecule has 0 unspecified atom stereocenters. The Morgan fingerprint density at radius 2 is 1.95 bits per heavy atom. The lowest BCUT2D eigenvalue weighted by atomic mass is 10.2. The molecule has 0 aliphatic heterocycles. The van der Waals surface area contributed by atoms with Gasteiger partial charge in [-0.25, -0.2) is 4.98 Å². The number of pyridine rings is 1. The molecule has 0 radical (unpaired) electrons. The van der Waals surface area contributed by atoms with E-state index < -0.39 is 4.92 Å². The van der Waals surface area contributed by atoms with Crippen molar-refractivity contribution in [2.75, 3.05) is 24.3 Å². The van der Waals surface area contributed by atoms with Crippen molar-refractivity contribution in [1.29, 1.82) is 0 Å². The first-order valence-electron chi connectivity index (χ1n) is 6.38. The molecule has 0 saturated carbocycles. The van der Waals surface area contributed by atoms with Crippen LogP contribution in [0.3, 0.4) is 0 Å². The minimum Gasteiger partial charge on any atom is -0.378 e. The zero-order valence-corrected chi connectivity index (χ0v) is 13.5. The lowest BCUT2D eigenvalue weighted by Crippen LogP contribution is -2.14. The zero-order chi connectivity index (χ0) is 16.3. The number of halogens is 2. The van der Waals surface area contributed by atoms with Crippen molar-refractivity contribution in [1.82, 2.24) is 4.98 Å². The van der Waals surface area contributed by atoms with Crippen molar-refractivity contribution in [3.8, 4) is 0 Å².